The summed E-state index contributed by atoms with van der Waals surface area (Å²) in [6, 6.07) is 5.24. The molecule has 0 amide bonds. The van der Waals surface area contributed by atoms with Crippen LogP contribution in [0.15, 0.2) is 36.9 Å². The molecule has 0 saturated carbocycles. The Kier molecular flexibility index (Phi) is 10.1. The molecule has 17 heteroatoms. The Labute approximate surface area is 227 Å². The minimum Gasteiger partial charge on any atom is -0.716 e. The number of aliphatic hydroxyl groups excluding tert-OH is 2. The number of hydrogen-bond donors (Lipinski definition) is 5. The number of anilines is 1. The molecule has 2 aromatic heterocycles. The van der Waals surface area contributed by atoms with Gasteiger partial charge >= 0.3 is 5.97 Å². The van der Waals surface area contributed by atoms with Crippen LogP contribution in [0.5, 0.6) is 5.75 Å². The SMILES string of the molecule is C[S+](CC[C@H](N)C(=O)O)C[C@H]1O[C@@H](n2cnc3c(N)ncnc32)[C@H](O)[C@@H]1O.Cc1ccc(OS(=O)(=O)[O-])cc1. The lowest BCUT2D eigenvalue weighted by Crippen LogP contribution is -2.37. The van der Waals surface area contributed by atoms with E-state index in [9.17, 15) is 28.0 Å². The number of aromatic nitrogens is 4. The maximum Gasteiger partial charge on any atom is 0.320 e. The van der Waals surface area contributed by atoms with Gasteiger partial charge in [-0.1, -0.05) is 17.7 Å². The van der Waals surface area contributed by atoms with Crippen molar-refractivity contribution < 1.29 is 42.0 Å². The number of rotatable bonds is 9. The van der Waals surface area contributed by atoms with Gasteiger partial charge in [0, 0.05) is 6.42 Å². The van der Waals surface area contributed by atoms with Crippen molar-refractivity contribution in [3.63, 3.8) is 0 Å². The molecule has 39 heavy (non-hydrogen) atoms. The van der Waals surface area contributed by atoms with Gasteiger partial charge in [-0.15, -0.1) is 0 Å². The van der Waals surface area contributed by atoms with Gasteiger partial charge in [-0.05, 0) is 30.0 Å². The molecule has 1 aromatic carbocycles. The fourth-order valence-electron chi connectivity index (χ4n) is 3.68. The lowest BCUT2D eigenvalue weighted by Gasteiger charge is -2.16. The number of benzene rings is 1. The van der Waals surface area contributed by atoms with Crippen LogP contribution in [0.3, 0.4) is 0 Å². The number of aliphatic carboxylic acids is 1. The molecule has 7 N–H and O–H groups in total. The number of aliphatic hydroxyl groups is 2. The molecule has 1 aliphatic heterocycles. The van der Waals surface area contributed by atoms with E-state index < -0.39 is 46.9 Å². The van der Waals surface area contributed by atoms with Crippen LogP contribution in [0, 0.1) is 6.92 Å². The number of aryl methyl sites for hydroxylation is 1. The van der Waals surface area contributed by atoms with Crippen LogP contribution in [-0.2, 0) is 30.8 Å². The van der Waals surface area contributed by atoms with Gasteiger partial charge in [0.25, 0.3) is 10.4 Å². The van der Waals surface area contributed by atoms with E-state index in [0.29, 0.717) is 29.1 Å². The van der Waals surface area contributed by atoms with Crippen LogP contribution >= 0.6 is 0 Å². The van der Waals surface area contributed by atoms with Gasteiger partial charge in [0.05, 0.1) is 12.6 Å². The van der Waals surface area contributed by atoms with Crippen molar-refractivity contribution in [2.45, 2.75) is 43.9 Å². The second-order valence-corrected chi connectivity index (χ2v) is 12.1. The standard InChI is InChI=1S/C15H22N6O5S.C7H8O4S/c1-27(3-2-7(16)15(24)25)4-8-10(22)11(23)14(26-8)21-6-20-9-12(17)18-5-19-13(9)21;1-6-2-4-7(5-3-6)11-12(8,9)10/h5-8,10-11,14,22-23H,2-4,16H2,1H3,(H2-,17,18,19,24,25);2-5H,1H3,(H,8,9,10)/t7-,8+,10+,11+,14+,27?;/m0./s1. The van der Waals surface area contributed by atoms with Gasteiger partial charge in [-0.3, -0.25) is 9.36 Å². The Morgan fingerprint density at radius 2 is 1.90 bits per heavy atom. The summed E-state index contributed by atoms with van der Waals surface area (Å²) < 4.78 is 41.8. The highest BCUT2D eigenvalue weighted by Crippen LogP contribution is 2.32. The molecule has 3 aromatic rings. The third-order valence-corrected chi connectivity index (χ3v) is 7.99. The molecule has 0 bridgehead atoms. The summed E-state index contributed by atoms with van der Waals surface area (Å²) in [6.45, 7) is 1.84. The second-order valence-electron chi connectivity index (χ2n) is 8.82. The summed E-state index contributed by atoms with van der Waals surface area (Å²) >= 11 is 0. The zero-order valence-electron chi connectivity index (χ0n) is 21.0. The zero-order valence-corrected chi connectivity index (χ0v) is 22.7. The van der Waals surface area contributed by atoms with Crippen LogP contribution in [-0.4, -0.2) is 95.9 Å². The molecular weight excluding hydrogens is 556 g/mol. The van der Waals surface area contributed by atoms with Gasteiger partial charge in [0.1, 0.15) is 53.5 Å². The zero-order chi connectivity index (χ0) is 28.9. The van der Waals surface area contributed by atoms with Gasteiger partial charge in [-0.2, -0.15) is 0 Å². The Bertz CT molecular complexity index is 1370. The predicted molar refractivity (Wildman–Crippen MR) is 140 cm³/mol. The number of carboxylic acid groups (broad SMARTS) is 1. The highest BCUT2D eigenvalue weighted by molar-refractivity contribution is 7.96. The van der Waals surface area contributed by atoms with E-state index in [0.717, 1.165) is 5.56 Å². The van der Waals surface area contributed by atoms with Crippen molar-refractivity contribution in [1.82, 2.24) is 19.5 Å². The number of fused-ring (bicyclic) bond motifs is 1. The summed E-state index contributed by atoms with van der Waals surface area (Å²) in [5.74, 6) is 0.292. The molecule has 0 spiro atoms. The highest BCUT2D eigenvalue weighted by Gasteiger charge is 2.46. The monoisotopic (exact) mass is 586 g/mol. The first kappa shape index (κ1) is 30.5. The van der Waals surface area contributed by atoms with Crippen LogP contribution in [0.25, 0.3) is 11.2 Å². The summed E-state index contributed by atoms with van der Waals surface area (Å²) in [5.41, 5.74) is 13.1. The molecule has 0 radical (unpaired) electrons. The topological polar surface area (TPSA) is 249 Å². The molecule has 0 aliphatic carbocycles. The van der Waals surface area contributed by atoms with Crippen LogP contribution in [0.1, 0.15) is 18.2 Å². The van der Waals surface area contributed by atoms with Crippen molar-refractivity contribution in [2.24, 2.45) is 5.73 Å². The number of imidazole rings is 1. The first-order valence-electron chi connectivity index (χ1n) is 11.5. The number of hydrogen-bond acceptors (Lipinski definition) is 13. The van der Waals surface area contributed by atoms with Crippen molar-refractivity contribution in [1.29, 1.82) is 0 Å². The summed E-state index contributed by atoms with van der Waals surface area (Å²) in [6.07, 6.45) is 1.31. The normalized spacial score (nSPS) is 22.6. The van der Waals surface area contributed by atoms with Crippen molar-refractivity contribution >= 4 is 44.2 Å². The maximum absolute atomic E-state index is 10.8. The summed E-state index contributed by atoms with van der Waals surface area (Å²) in [7, 11) is -4.88. The summed E-state index contributed by atoms with van der Waals surface area (Å²) in [4.78, 5) is 23.0. The number of nitrogens with two attached hydrogens (primary N) is 2. The third kappa shape index (κ3) is 8.21. The third-order valence-electron chi connectivity index (χ3n) is 5.76. The van der Waals surface area contributed by atoms with Crippen molar-refractivity contribution in [2.75, 3.05) is 23.5 Å². The lowest BCUT2D eigenvalue weighted by molar-refractivity contribution is -0.138. The number of carbonyl (C=O) groups is 1. The van der Waals surface area contributed by atoms with E-state index in [1.807, 2.05) is 13.2 Å². The quantitative estimate of drug-likeness (QED) is 0.114. The first-order chi connectivity index (χ1) is 18.3. The number of carboxylic acids is 1. The maximum atomic E-state index is 10.8. The fraction of sp³-hybridized carbons (Fsp3) is 0.455. The number of nitrogens with zero attached hydrogens (tertiary/aromatic N) is 4. The number of nitrogen functional groups attached to an aromatic ring is 1. The predicted octanol–water partition coefficient (Wildman–Crippen LogP) is -1.09. The van der Waals surface area contributed by atoms with Gasteiger partial charge in [0.15, 0.2) is 17.7 Å². The largest absolute Gasteiger partial charge is 0.716 e. The molecule has 4 rings (SSSR count). The molecule has 15 nitrogen and oxygen atoms in total. The molecule has 1 aliphatic rings. The van der Waals surface area contributed by atoms with E-state index in [1.165, 1.54) is 29.4 Å². The Morgan fingerprint density at radius 1 is 1.23 bits per heavy atom. The van der Waals surface area contributed by atoms with Crippen LogP contribution in [0.2, 0.25) is 0 Å². The molecule has 3 heterocycles. The Hall–Kier alpha value is -3.06. The highest BCUT2D eigenvalue weighted by atomic mass is 32.3. The molecule has 214 valence electrons. The average Bonchev–Trinajstić information content (AvgIpc) is 3.41. The van der Waals surface area contributed by atoms with Crippen LogP contribution < -0.4 is 15.7 Å². The molecule has 1 saturated heterocycles. The lowest BCUT2D eigenvalue weighted by atomic mass is 10.1. The molecular formula is C22H30N6O9S2. The average molecular weight is 587 g/mol. The molecule has 1 unspecified atom stereocenters. The van der Waals surface area contributed by atoms with E-state index >= 15 is 0 Å². The summed E-state index contributed by atoms with van der Waals surface area (Å²) in [5, 5.41) is 29.7. The first-order valence-corrected chi connectivity index (χ1v) is 14.8. The van der Waals surface area contributed by atoms with Gasteiger partial charge in [-0.25, -0.2) is 23.4 Å². The van der Waals surface area contributed by atoms with E-state index in [2.05, 4.69) is 19.1 Å². The minimum atomic E-state index is -4.64. The second kappa shape index (κ2) is 12.9. The Balaban J connectivity index is 0.000000293. The van der Waals surface area contributed by atoms with Crippen molar-refractivity contribution in [3.05, 3.63) is 42.5 Å². The van der Waals surface area contributed by atoms with Gasteiger partial charge in [0.2, 0.25) is 0 Å². The molecule has 1 fully saturated rings. The Morgan fingerprint density at radius 3 is 2.51 bits per heavy atom. The van der Waals surface area contributed by atoms with E-state index in [1.54, 1.807) is 12.1 Å². The van der Waals surface area contributed by atoms with Crippen molar-refractivity contribution in [3.8, 4) is 5.75 Å². The van der Waals surface area contributed by atoms with Gasteiger partial charge < -0.3 is 40.3 Å². The number of ether oxygens (including phenoxy) is 1. The fourth-order valence-corrected chi connectivity index (χ4v) is 5.69. The van der Waals surface area contributed by atoms with E-state index in [-0.39, 0.29) is 22.5 Å². The van der Waals surface area contributed by atoms with E-state index in [4.69, 9.17) is 21.3 Å². The molecule has 6 atom stereocenters. The van der Waals surface area contributed by atoms with Crippen LogP contribution in [0.4, 0.5) is 5.82 Å². The minimum absolute atomic E-state index is 0.0376. The smallest absolute Gasteiger partial charge is 0.320 e.